The van der Waals surface area contributed by atoms with Crippen molar-refractivity contribution in [3.8, 4) is 16.9 Å². The van der Waals surface area contributed by atoms with E-state index in [0.717, 1.165) is 33.2 Å². The number of carbonyl (C=O) groups excluding carboxylic acids is 1. The van der Waals surface area contributed by atoms with Crippen LogP contribution in [0.5, 0.6) is 5.75 Å². The molecule has 1 saturated heterocycles. The Morgan fingerprint density at radius 2 is 1.83 bits per heavy atom. The Hall–Kier alpha value is -3.05. The molecule has 5 heteroatoms. The van der Waals surface area contributed by atoms with Crippen LogP contribution in [0.4, 0.5) is 0 Å². The van der Waals surface area contributed by atoms with Crippen LogP contribution in [0, 0.1) is 0 Å². The molecule has 2 unspecified atom stereocenters. The summed E-state index contributed by atoms with van der Waals surface area (Å²) < 4.78 is 17.1. The molecule has 2 atom stereocenters. The van der Waals surface area contributed by atoms with Gasteiger partial charge in [-0.1, -0.05) is 30.3 Å². The number of methoxy groups -OCH3 is 1. The highest BCUT2D eigenvalue weighted by molar-refractivity contribution is 6.00. The van der Waals surface area contributed by atoms with Gasteiger partial charge in [-0.25, -0.2) is 0 Å². The number of ether oxygens (including phenoxy) is 2. The molecule has 0 spiro atoms. The fraction of sp³-hybridized carbons (Fsp3) is 0.320. The SMILES string of the molecule is COc1cc2occ(-c3ccccc3)c2cc1/C(C)=C/C(=O)N1CC(C)OC(C)C1. The van der Waals surface area contributed by atoms with Gasteiger partial charge in [0.1, 0.15) is 11.3 Å². The number of furan rings is 1. The van der Waals surface area contributed by atoms with E-state index < -0.39 is 0 Å². The van der Waals surface area contributed by atoms with E-state index in [-0.39, 0.29) is 18.1 Å². The maximum absolute atomic E-state index is 12.9. The molecule has 156 valence electrons. The molecule has 1 fully saturated rings. The van der Waals surface area contributed by atoms with E-state index in [9.17, 15) is 4.79 Å². The number of rotatable bonds is 4. The summed E-state index contributed by atoms with van der Waals surface area (Å²) in [6.07, 6.45) is 3.54. The number of amides is 1. The fourth-order valence-electron chi connectivity index (χ4n) is 4.09. The van der Waals surface area contributed by atoms with E-state index in [1.807, 2.05) is 56.0 Å². The number of benzene rings is 2. The first-order chi connectivity index (χ1) is 14.5. The van der Waals surface area contributed by atoms with E-state index in [1.165, 1.54) is 0 Å². The first kappa shape index (κ1) is 20.2. The molecule has 1 amide bonds. The van der Waals surface area contributed by atoms with Gasteiger partial charge >= 0.3 is 0 Å². The van der Waals surface area contributed by atoms with Crippen molar-refractivity contribution in [2.75, 3.05) is 20.2 Å². The topological polar surface area (TPSA) is 51.9 Å². The molecule has 0 bridgehead atoms. The smallest absolute Gasteiger partial charge is 0.247 e. The average Bonchev–Trinajstić information content (AvgIpc) is 3.15. The van der Waals surface area contributed by atoms with E-state index in [4.69, 9.17) is 13.9 Å². The zero-order chi connectivity index (χ0) is 21.3. The normalized spacial score (nSPS) is 19.9. The van der Waals surface area contributed by atoms with E-state index >= 15 is 0 Å². The summed E-state index contributed by atoms with van der Waals surface area (Å²) in [5.74, 6) is 0.675. The molecule has 30 heavy (non-hydrogen) atoms. The second-order valence-corrected chi connectivity index (χ2v) is 7.89. The molecule has 5 nitrogen and oxygen atoms in total. The van der Waals surface area contributed by atoms with Crippen LogP contribution in [0.15, 0.2) is 59.2 Å². The van der Waals surface area contributed by atoms with Crippen molar-refractivity contribution in [2.24, 2.45) is 0 Å². The van der Waals surface area contributed by atoms with Crippen LogP contribution in [-0.4, -0.2) is 43.2 Å². The third-order valence-corrected chi connectivity index (χ3v) is 5.48. The van der Waals surface area contributed by atoms with E-state index in [1.54, 1.807) is 19.4 Å². The summed E-state index contributed by atoms with van der Waals surface area (Å²) in [6.45, 7) is 7.13. The van der Waals surface area contributed by atoms with E-state index in [2.05, 4.69) is 12.1 Å². The van der Waals surface area contributed by atoms with Crippen molar-refractivity contribution < 1.29 is 18.7 Å². The second-order valence-electron chi connectivity index (χ2n) is 7.89. The third-order valence-electron chi connectivity index (χ3n) is 5.48. The number of morpholine rings is 1. The number of fused-ring (bicyclic) bond motifs is 1. The van der Waals surface area contributed by atoms with Gasteiger partial charge in [-0.2, -0.15) is 0 Å². The van der Waals surface area contributed by atoms with Gasteiger partial charge in [-0.05, 0) is 38.0 Å². The minimum atomic E-state index is -0.00729. The molecule has 2 aromatic carbocycles. The molecule has 0 aliphatic carbocycles. The average molecular weight is 405 g/mol. The van der Waals surface area contributed by atoms with Crippen molar-refractivity contribution in [1.29, 1.82) is 0 Å². The molecular weight excluding hydrogens is 378 g/mol. The minimum Gasteiger partial charge on any atom is -0.496 e. The maximum Gasteiger partial charge on any atom is 0.247 e. The van der Waals surface area contributed by atoms with Gasteiger partial charge in [-0.15, -0.1) is 0 Å². The number of carbonyl (C=O) groups is 1. The van der Waals surface area contributed by atoms with Gasteiger partial charge < -0.3 is 18.8 Å². The molecule has 2 heterocycles. The van der Waals surface area contributed by atoms with Crippen LogP contribution in [0.3, 0.4) is 0 Å². The quantitative estimate of drug-likeness (QED) is 0.564. The number of allylic oxidation sites excluding steroid dienone is 1. The van der Waals surface area contributed by atoms with Gasteiger partial charge in [0, 0.05) is 41.7 Å². The Labute approximate surface area is 176 Å². The van der Waals surface area contributed by atoms with Crippen LogP contribution in [-0.2, 0) is 9.53 Å². The standard InChI is InChI=1S/C25H27NO4/c1-16(10-25(27)26-13-17(2)30-18(3)14-26)20-11-21-22(19-8-6-5-7-9-19)15-29-24(21)12-23(20)28-4/h5-12,15,17-18H,13-14H2,1-4H3/b16-10+. The van der Waals surface area contributed by atoms with Crippen molar-refractivity contribution in [1.82, 2.24) is 4.90 Å². The summed E-state index contributed by atoms with van der Waals surface area (Å²) in [4.78, 5) is 14.8. The highest BCUT2D eigenvalue weighted by atomic mass is 16.5. The van der Waals surface area contributed by atoms with Crippen LogP contribution < -0.4 is 4.74 Å². The van der Waals surface area contributed by atoms with Gasteiger partial charge in [-0.3, -0.25) is 4.79 Å². The molecule has 0 N–H and O–H groups in total. The molecule has 1 aromatic heterocycles. The largest absolute Gasteiger partial charge is 0.496 e. The zero-order valence-corrected chi connectivity index (χ0v) is 17.8. The van der Waals surface area contributed by atoms with Gasteiger partial charge in [0.15, 0.2) is 0 Å². The van der Waals surface area contributed by atoms with Crippen molar-refractivity contribution in [3.63, 3.8) is 0 Å². The summed E-state index contributed by atoms with van der Waals surface area (Å²) >= 11 is 0. The Morgan fingerprint density at radius 1 is 1.13 bits per heavy atom. The molecule has 1 aliphatic heterocycles. The summed E-state index contributed by atoms with van der Waals surface area (Å²) in [6, 6.07) is 14.1. The Kier molecular flexibility index (Phi) is 5.64. The van der Waals surface area contributed by atoms with Crippen LogP contribution in [0.2, 0.25) is 0 Å². The lowest BCUT2D eigenvalue weighted by Gasteiger charge is -2.34. The summed E-state index contributed by atoms with van der Waals surface area (Å²) in [7, 11) is 1.63. The number of nitrogens with zero attached hydrogens (tertiary/aromatic N) is 1. The molecule has 3 aromatic rings. The fourth-order valence-corrected chi connectivity index (χ4v) is 4.09. The van der Waals surface area contributed by atoms with Crippen molar-refractivity contribution in [3.05, 3.63) is 60.4 Å². The monoisotopic (exact) mass is 405 g/mol. The van der Waals surface area contributed by atoms with Gasteiger partial charge in [0.05, 0.1) is 25.6 Å². The van der Waals surface area contributed by atoms with Crippen LogP contribution >= 0.6 is 0 Å². The molecule has 0 saturated carbocycles. The highest BCUT2D eigenvalue weighted by Crippen LogP contribution is 2.37. The first-order valence-corrected chi connectivity index (χ1v) is 10.2. The lowest BCUT2D eigenvalue weighted by atomic mass is 9.99. The number of hydrogen-bond donors (Lipinski definition) is 0. The second kappa shape index (κ2) is 8.36. The molecule has 4 rings (SSSR count). The first-order valence-electron chi connectivity index (χ1n) is 10.2. The Morgan fingerprint density at radius 3 is 2.50 bits per heavy atom. The summed E-state index contributed by atoms with van der Waals surface area (Å²) in [5, 5.41) is 0.991. The predicted molar refractivity (Wildman–Crippen MR) is 118 cm³/mol. The zero-order valence-electron chi connectivity index (χ0n) is 17.8. The Balaban J connectivity index is 1.71. The third kappa shape index (κ3) is 3.98. The number of hydrogen-bond acceptors (Lipinski definition) is 4. The molecular formula is C25H27NO4. The Bertz CT molecular complexity index is 1070. The van der Waals surface area contributed by atoms with Crippen molar-refractivity contribution >= 4 is 22.4 Å². The lowest BCUT2D eigenvalue weighted by molar-refractivity contribution is -0.137. The summed E-state index contributed by atoms with van der Waals surface area (Å²) in [5.41, 5.74) is 4.59. The molecule has 0 radical (unpaired) electrons. The predicted octanol–water partition coefficient (Wildman–Crippen LogP) is 5.15. The lowest BCUT2D eigenvalue weighted by Crippen LogP contribution is -2.47. The minimum absolute atomic E-state index is 0.00729. The van der Waals surface area contributed by atoms with Gasteiger partial charge in [0.25, 0.3) is 0 Å². The maximum atomic E-state index is 12.9. The van der Waals surface area contributed by atoms with E-state index in [0.29, 0.717) is 18.8 Å². The van der Waals surface area contributed by atoms with Gasteiger partial charge in [0.2, 0.25) is 5.91 Å². The van der Waals surface area contributed by atoms with Crippen molar-refractivity contribution in [2.45, 2.75) is 33.0 Å². The highest BCUT2D eigenvalue weighted by Gasteiger charge is 2.25. The van der Waals surface area contributed by atoms with Crippen LogP contribution in [0.25, 0.3) is 27.7 Å². The van der Waals surface area contributed by atoms with Crippen LogP contribution in [0.1, 0.15) is 26.3 Å². The molecule has 1 aliphatic rings.